The Balaban J connectivity index is 2.33. The summed E-state index contributed by atoms with van der Waals surface area (Å²) < 4.78 is 26.3. The van der Waals surface area contributed by atoms with Gasteiger partial charge in [-0.2, -0.15) is 8.42 Å². The van der Waals surface area contributed by atoms with E-state index in [1.54, 1.807) is 24.3 Å². The van der Waals surface area contributed by atoms with Crippen LogP contribution in [0.3, 0.4) is 0 Å². The zero-order valence-corrected chi connectivity index (χ0v) is 10.3. The number of sulfonamides is 1. The van der Waals surface area contributed by atoms with E-state index in [4.69, 9.17) is 11.6 Å². The second-order valence-electron chi connectivity index (χ2n) is 3.31. The molecule has 0 saturated heterocycles. The van der Waals surface area contributed by atoms with Gasteiger partial charge in [-0.1, -0.05) is 18.2 Å². The number of halogens is 1. The van der Waals surface area contributed by atoms with E-state index in [0.29, 0.717) is 5.69 Å². The van der Waals surface area contributed by atoms with Gasteiger partial charge >= 0.3 is 0 Å². The van der Waals surface area contributed by atoms with Gasteiger partial charge in [-0.25, -0.2) is 4.98 Å². The smallest absolute Gasteiger partial charge is 0.278 e. The molecule has 0 aliphatic rings. The monoisotopic (exact) mass is 271 g/mol. The lowest BCUT2D eigenvalue weighted by atomic mass is 10.2. The first-order valence-electron chi connectivity index (χ1n) is 4.78. The standard InChI is InChI=1S/C10H10ClN3O2S/c11-5-8-3-1-2-4-9(8)14-17(15,16)10-6-12-7-13-10/h1-4,6-7,14H,5H2,(H,12,13). The first-order chi connectivity index (χ1) is 8.13. The van der Waals surface area contributed by atoms with Gasteiger partial charge in [0.15, 0.2) is 5.03 Å². The van der Waals surface area contributed by atoms with Gasteiger partial charge in [-0.15, -0.1) is 11.6 Å². The van der Waals surface area contributed by atoms with Crippen LogP contribution >= 0.6 is 11.6 Å². The summed E-state index contributed by atoms with van der Waals surface area (Å²) in [4.78, 5) is 6.21. The summed E-state index contributed by atoms with van der Waals surface area (Å²) in [6, 6.07) is 6.95. The Hall–Kier alpha value is -1.53. The van der Waals surface area contributed by atoms with Gasteiger partial charge in [-0.3, -0.25) is 4.72 Å². The molecule has 1 aromatic heterocycles. The maximum absolute atomic E-state index is 11.9. The molecule has 0 amide bonds. The zero-order chi connectivity index (χ0) is 12.3. The summed E-state index contributed by atoms with van der Waals surface area (Å²) in [5.74, 6) is 0.238. The fourth-order valence-electron chi connectivity index (χ4n) is 1.33. The Kier molecular flexibility index (Phi) is 3.35. The van der Waals surface area contributed by atoms with E-state index in [9.17, 15) is 8.42 Å². The fraction of sp³-hybridized carbons (Fsp3) is 0.100. The third-order valence-electron chi connectivity index (χ3n) is 2.17. The fourth-order valence-corrected chi connectivity index (χ4v) is 2.57. The number of anilines is 1. The van der Waals surface area contributed by atoms with Crippen LogP contribution in [0.5, 0.6) is 0 Å². The minimum atomic E-state index is -3.63. The molecule has 90 valence electrons. The minimum absolute atomic E-state index is 0.0156. The third-order valence-corrected chi connectivity index (χ3v) is 3.75. The van der Waals surface area contributed by atoms with Crippen molar-refractivity contribution in [2.75, 3.05) is 4.72 Å². The van der Waals surface area contributed by atoms with Crippen LogP contribution in [0.25, 0.3) is 0 Å². The summed E-state index contributed by atoms with van der Waals surface area (Å²) in [5, 5.41) is 0.0156. The van der Waals surface area contributed by atoms with Gasteiger partial charge in [0.2, 0.25) is 0 Å². The SMILES string of the molecule is O=S(=O)(Nc1ccccc1CCl)c1cnc[nH]1. The minimum Gasteiger partial charge on any atom is -0.334 e. The van der Waals surface area contributed by atoms with Crippen molar-refractivity contribution in [3.63, 3.8) is 0 Å². The molecule has 1 aromatic carbocycles. The number of nitrogens with zero attached hydrogens (tertiary/aromatic N) is 1. The van der Waals surface area contributed by atoms with E-state index < -0.39 is 10.0 Å². The number of imidazole rings is 1. The Bertz CT molecular complexity index is 596. The quantitative estimate of drug-likeness (QED) is 0.835. The van der Waals surface area contributed by atoms with Crippen molar-refractivity contribution in [1.29, 1.82) is 0 Å². The number of H-pyrrole nitrogens is 1. The molecule has 0 bridgehead atoms. The highest BCUT2D eigenvalue weighted by Crippen LogP contribution is 2.20. The van der Waals surface area contributed by atoms with Gasteiger partial charge in [0.05, 0.1) is 18.2 Å². The summed E-state index contributed by atoms with van der Waals surface area (Å²) >= 11 is 5.73. The van der Waals surface area contributed by atoms with E-state index in [2.05, 4.69) is 14.7 Å². The number of para-hydroxylation sites is 1. The number of hydrogen-bond donors (Lipinski definition) is 2. The van der Waals surface area contributed by atoms with Crippen LogP contribution in [-0.4, -0.2) is 18.4 Å². The molecule has 0 atom stereocenters. The summed E-state index contributed by atoms with van der Waals surface area (Å²) in [6.07, 6.45) is 2.55. The van der Waals surface area contributed by atoms with Crippen LogP contribution in [0.4, 0.5) is 5.69 Å². The summed E-state index contributed by atoms with van der Waals surface area (Å²) in [6.45, 7) is 0. The van der Waals surface area contributed by atoms with E-state index in [1.165, 1.54) is 12.5 Å². The lowest BCUT2D eigenvalue weighted by Crippen LogP contribution is -2.14. The molecule has 2 N–H and O–H groups in total. The molecule has 0 radical (unpaired) electrons. The molecular weight excluding hydrogens is 262 g/mol. The Morgan fingerprint density at radius 1 is 1.35 bits per heavy atom. The molecule has 0 aliphatic heterocycles. The maximum Gasteiger partial charge on any atom is 0.278 e. The maximum atomic E-state index is 11.9. The van der Waals surface area contributed by atoms with Gasteiger partial charge in [0, 0.05) is 5.88 Å². The van der Waals surface area contributed by atoms with Crippen LogP contribution in [-0.2, 0) is 15.9 Å². The number of benzene rings is 1. The van der Waals surface area contributed by atoms with Crippen LogP contribution in [0.1, 0.15) is 5.56 Å². The Morgan fingerprint density at radius 2 is 2.12 bits per heavy atom. The van der Waals surface area contributed by atoms with E-state index >= 15 is 0 Å². The number of aromatic nitrogens is 2. The molecule has 0 aliphatic carbocycles. The Morgan fingerprint density at radius 3 is 2.76 bits per heavy atom. The highest BCUT2D eigenvalue weighted by Gasteiger charge is 2.16. The van der Waals surface area contributed by atoms with Crippen molar-refractivity contribution in [2.45, 2.75) is 10.9 Å². The number of nitrogens with one attached hydrogen (secondary N) is 2. The van der Waals surface area contributed by atoms with Crippen molar-refractivity contribution in [3.8, 4) is 0 Å². The number of aromatic amines is 1. The van der Waals surface area contributed by atoms with Gasteiger partial charge in [0.1, 0.15) is 0 Å². The molecule has 1 heterocycles. The molecular formula is C10H10ClN3O2S. The van der Waals surface area contributed by atoms with E-state index in [-0.39, 0.29) is 10.9 Å². The van der Waals surface area contributed by atoms with E-state index in [1.807, 2.05) is 0 Å². The first-order valence-corrected chi connectivity index (χ1v) is 6.80. The van der Waals surface area contributed by atoms with Crippen LogP contribution in [0, 0.1) is 0 Å². The lowest BCUT2D eigenvalue weighted by molar-refractivity contribution is 0.598. The Labute approximate surface area is 104 Å². The topological polar surface area (TPSA) is 74.8 Å². The molecule has 17 heavy (non-hydrogen) atoms. The molecule has 0 fully saturated rings. The second kappa shape index (κ2) is 4.77. The summed E-state index contributed by atoms with van der Waals surface area (Å²) in [5.41, 5.74) is 1.19. The van der Waals surface area contributed by atoms with Crippen LogP contribution in [0.15, 0.2) is 41.8 Å². The molecule has 7 heteroatoms. The first kappa shape index (κ1) is 11.9. The number of rotatable bonds is 4. The predicted octanol–water partition coefficient (Wildman–Crippen LogP) is 1.95. The third kappa shape index (κ3) is 2.59. The molecule has 0 unspecified atom stereocenters. The number of alkyl halides is 1. The van der Waals surface area contributed by atoms with Crippen molar-refractivity contribution >= 4 is 27.3 Å². The van der Waals surface area contributed by atoms with Crippen LogP contribution in [0.2, 0.25) is 0 Å². The average Bonchev–Trinajstić information content (AvgIpc) is 2.83. The number of hydrogen-bond acceptors (Lipinski definition) is 3. The molecule has 0 saturated carbocycles. The lowest BCUT2D eigenvalue weighted by Gasteiger charge is -2.09. The average molecular weight is 272 g/mol. The summed E-state index contributed by atoms with van der Waals surface area (Å²) in [7, 11) is -3.63. The van der Waals surface area contributed by atoms with Crippen molar-refractivity contribution < 1.29 is 8.42 Å². The zero-order valence-electron chi connectivity index (χ0n) is 8.72. The van der Waals surface area contributed by atoms with Crippen molar-refractivity contribution in [3.05, 3.63) is 42.4 Å². The van der Waals surface area contributed by atoms with E-state index in [0.717, 1.165) is 5.56 Å². The van der Waals surface area contributed by atoms with Gasteiger partial charge in [-0.05, 0) is 11.6 Å². The largest absolute Gasteiger partial charge is 0.334 e. The second-order valence-corrected chi connectivity index (χ2v) is 5.23. The van der Waals surface area contributed by atoms with Crippen molar-refractivity contribution in [2.24, 2.45) is 0 Å². The van der Waals surface area contributed by atoms with Gasteiger partial charge < -0.3 is 4.98 Å². The van der Waals surface area contributed by atoms with Gasteiger partial charge in [0.25, 0.3) is 10.0 Å². The highest BCUT2D eigenvalue weighted by atomic mass is 35.5. The highest BCUT2D eigenvalue weighted by molar-refractivity contribution is 7.92. The molecule has 0 spiro atoms. The molecule has 2 rings (SSSR count). The normalized spacial score (nSPS) is 11.4. The molecule has 2 aromatic rings. The predicted molar refractivity (Wildman–Crippen MR) is 65.4 cm³/mol. The van der Waals surface area contributed by atoms with Crippen molar-refractivity contribution in [1.82, 2.24) is 9.97 Å². The van der Waals surface area contributed by atoms with Crippen LogP contribution < -0.4 is 4.72 Å². The molecule has 5 nitrogen and oxygen atoms in total.